The summed E-state index contributed by atoms with van der Waals surface area (Å²) in [6, 6.07) is 67.7. The molecule has 0 saturated carbocycles. The molecule has 0 unspecified atom stereocenters. The molecule has 0 saturated heterocycles. The van der Waals surface area contributed by atoms with Crippen LogP contribution in [-0.4, -0.2) is 13.7 Å². The van der Waals surface area contributed by atoms with Crippen molar-refractivity contribution in [2.45, 2.75) is 25.7 Å². The van der Waals surface area contributed by atoms with Gasteiger partial charge in [-0.1, -0.05) is 135 Å². The summed E-state index contributed by atoms with van der Waals surface area (Å²) in [7, 11) is 0. The Balaban J connectivity index is 0.982. The van der Waals surface area contributed by atoms with Crippen molar-refractivity contribution in [1.82, 2.24) is 13.7 Å². The van der Waals surface area contributed by atoms with Crippen LogP contribution in [0.5, 0.6) is 0 Å². The zero-order valence-electron chi connectivity index (χ0n) is 34.6. The Morgan fingerprint density at radius 1 is 0.435 bits per heavy atom. The molecule has 292 valence electrons. The molecular formula is C59H41N3. The maximum Gasteiger partial charge on any atom is 0.0544 e. The Kier molecular flexibility index (Phi) is 6.74. The minimum Gasteiger partial charge on any atom is -0.310 e. The van der Waals surface area contributed by atoms with Crippen LogP contribution in [0.2, 0.25) is 0 Å². The van der Waals surface area contributed by atoms with Gasteiger partial charge < -0.3 is 13.7 Å². The van der Waals surface area contributed by atoms with Gasteiger partial charge >= 0.3 is 0 Å². The lowest BCUT2D eigenvalue weighted by molar-refractivity contribution is 0.661. The van der Waals surface area contributed by atoms with Crippen LogP contribution in [0.1, 0.15) is 37.0 Å². The van der Waals surface area contributed by atoms with Crippen molar-refractivity contribution in [1.29, 1.82) is 0 Å². The number of hydrogen-bond donors (Lipinski definition) is 0. The number of nitrogens with zero attached hydrogens (tertiary/aromatic N) is 3. The third-order valence-corrected chi connectivity index (χ3v) is 14.5. The van der Waals surface area contributed by atoms with Gasteiger partial charge in [0.2, 0.25) is 0 Å². The van der Waals surface area contributed by atoms with Crippen molar-refractivity contribution in [3.05, 3.63) is 215 Å². The maximum atomic E-state index is 2.55. The van der Waals surface area contributed by atoms with E-state index in [-0.39, 0.29) is 5.41 Å². The van der Waals surface area contributed by atoms with Gasteiger partial charge in [-0.3, -0.25) is 0 Å². The van der Waals surface area contributed by atoms with Gasteiger partial charge in [-0.15, -0.1) is 0 Å². The molecule has 1 atom stereocenters. The molecule has 0 radical (unpaired) electrons. The van der Waals surface area contributed by atoms with Crippen molar-refractivity contribution in [3.8, 4) is 28.2 Å². The number of benzene rings is 8. The summed E-state index contributed by atoms with van der Waals surface area (Å²) < 4.78 is 7.39. The van der Waals surface area contributed by atoms with Gasteiger partial charge in [0.25, 0.3) is 0 Å². The van der Waals surface area contributed by atoms with E-state index in [1.54, 1.807) is 0 Å². The van der Waals surface area contributed by atoms with Gasteiger partial charge in [0, 0.05) is 60.5 Å². The SMILES string of the molecule is CC1(C)c2ccccc2-c2cc3c4cc(C5=C6CC=c7c(c8ccccc8n7-c7ccccc7)=C[C@@H]65)ccc4n(-c4ccc5c(c4)c4ccccc4n5-c4ccccc4)c3cc21. The maximum absolute atomic E-state index is 2.55. The van der Waals surface area contributed by atoms with Crippen molar-refractivity contribution in [2.75, 3.05) is 0 Å². The first-order chi connectivity index (χ1) is 30.5. The van der Waals surface area contributed by atoms with E-state index >= 15 is 0 Å². The number of rotatable bonds is 4. The van der Waals surface area contributed by atoms with Gasteiger partial charge in [-0.05, 0) is 119 Å². The average molecular weight is 792 g/mol. The molecule has 0 amide bonds. The molecule has 0 bridgehead atoms. The summed E-state index contributed by atoms with van der Waals surface area (Å²) in [5, 5.41) is 9.08. The van der Waals surface area contributed by atoms with Crippen LogP contribution in [0, 0.1) is 5.92 Å². The summed E-state index contributed by atoms with van der Waals surface area (Å²) in [4.78, 5) is 0. The van der Waals surface area contributed by atoms with E-state index in [4.69, 9.17) is 0 Å². The molecule has 3 aliphatic carbocycles. The van der Waals surface area contributed by atoms with E-state index in [1.807, 2.05) is 0 Å². The predicted molar refractivity (Wildman–Crippen MR) is 259 cm³/mol. The molecular weight excluding hydrogens is 751 g/mol. The Morgan fingerprint density at radius 2 is 1.03 bits per heavy atom. The zero-order valence-corrected chi connectivity index (χ0v) is 34.6. The van der Waals surface area contributed by atoms with Crippen LogP contribution in [0.25, 0.3) is 100 Å². The molecule has 0 aliphatic heterocycles. The highest BCUT2D eigenvalue weighted by molar-refractivity contribution is 6.14. The Morgan fingerprint density at radius 3 is 1.82 bits per heavy atom. The van der Waals surface area contributed by atoms with Crippen molar-refractivity contribution < 1.29 is 0 Å². The van der Waals surface area contributed by atoms with Gasteiger partial charge in [-0.2, -0.15) is 0 Å². The summed E-state index contributed by atoms with van der Waals surface area (Å²) >= 11 is 0. The molecule has 14 rings (SSSR count). The molecule has 0 N–H and O–H groups in total. The lowest BCUT2D eigenvalue weighted by atomic mass is 9.82. The minimum atomic E-state index is -0.108. The number of fused-ring (bicyclic) bond motifs is 13. The lowest BCUT2D eigenvalue weighted by Crippen LogP contribution is -2.28. The molecule has 62 heavy (non-hydrogen) atoms. The molecule has 3 nitrogen and oxygen atoms in total. The summed E-state index contributed by atoms with van der Waals surface area (Å²) in [5.41, 5.74) is 19.5. The van der Waals surface area contributed by atoms with Gasteiger partial charge in [0.05, 0.1) is 32.9 Å². The highest BCUT2D eigenvalue weighted by Gasteiger charge is 2.38. The van der Waals surface area contributed by atoms with Crippen LogP contribution >= 0.6 is 0 Å². The Hall–Kier alpha value is -7.62. The van der Waals surface area contributed by atoms with Gasteiger partial charge in [0.15, 0.2) is 0 Å². The number of para-hydroxylation sites is 4. The molecule has 3 heteroatoms. The lowest BCUT2D eigenvalue weighted by Gasteiger charge is -2.21. The summed E-state index contributed by atoms with van der Waals surface area (Å²) in [6.45, 7) is 4.78. The van der Waals surface area contributed by atoms with Crippen LogP contribution in [0.15, 0.2) is 188 Å². The average Bonchev–Trinajstić information content (AvgIpc) is 3.54. The second-order valence-electron chi connectivity index (χ2n) is 18.0. The fourth-order valence-electron chi connectivity index (χ4n) is 11.6. The summed E-state index contributed by atoms with van der Waals surface area (Å²) in [6.07, 6.45) is 5.97. The third kappa shape index (κ3) is 4.55. The molecule has 3 aliphatic rings. The molecule has 0 spiro atoms. The van der Waals surface area contributed by atoms with Crippen molar-refractivity contribution in [2.24, 2.45) is 5.92 Å². The molecule has 0 fully saturated rings. The van der Waals surface area contributed by atoms with E-state index in [0.29, 0.717) is 5.92 Å². The Labute approximate surface area is 359 Å². The fourth-order valence-corrected chi connectivity index (χ4v) is 11.6. The second kappa shape index (κ2) is 12.2. The number of aromatic nitrogens is 3. The van der Waals surface area contributed by atoms with Crippen LogP contribution in [0.3, 0.4) is 0 Å². The third-order valence-electron chi connectivity index (χ3n) is 14.5. The first kappa shape index (κ1) is 34.1. The molecule has 3 aromatic heterocycles. The van der Waals surface area contributed by atoms with Gasteiger partial charge in [0.1, 0.15) is 0 Å². The summed E-state index contributed by atoms with van der Waals surface area (Å²) in [5.74, 6) is 0.328. The van der Waals surface area contributed by atoms with E-state index in [0.717, 1.165) is 6.42 Å². The standard InChI is InChI=1S/C59H41N3/c1-59(2)50-22-12-9-19-40(50)44-33-48-45-31-36(58-43-27-30-56-47(34-49(43)58)42-21-11-14-24-53(42)61(56)38-17-7-4-8-18-38)25-28-54(45)62(57(48)35-51(44)59)39-26-29-55-46(32-39)41-20-10-13-23-52(41)60(55)37-15-5-3-6-16-37/h3-26,28-35,49H,27H2,1-2H3/t49-/m0/s1. The first-order valence-electron chi connectivity index (χ1n) is 21.9. The van der Waals surface area contributed by atoms with Gasteiger partial charge in [-0.25, -0.2) is 0 Å². The normalized spacial score (nSPS) is 16.0. The first-order valence-corrected chi connectivity index (χ1v) is 21.9. The number of hydrogen-bond acceptors (Lipinski definition) is 0. The van der Waals surface area contributed by atoms with Crippen molar-refractivity contribution >= 4 is 72.2 Å². The Bertz CT molecular complexity index is 3910. The quantitative estimate of drug-likeness (QED) is 0.169. The molecule has 3 heterocycles. The predicted octanol–water partition coefficient (Wildman–Crippen LogP) is 13.2. The van der Waals surface area contributed by atoms with Crippen molar-refractivity contribution in [3.63, 3.8) is 0 Å². The topological polar surface area (TPSA) is 14.8 Å². The molecule has 8 aromatic carbocycles. The smallest absolute Gasteiger partial charge is 0.0544 e. The highest BCUT2D eigenvalue weighted by Crippen LogP contribution is 2.54. The van der Waals surface area contributed by atoms with E-state index < -0.39 is 0 Å². The van der Waals surface area contributed by atoms with E-state index in [9.17, 15) is 0 Å². The second-order valence-corrected chi connectivity index (χ2v) is 18.0. The fraction of sp³-hybridized carbons (Fsp3) is 0.0847. The van der Waals surface area contributed by atoms with E-state index in [2.05, 4.69) is 222 Å². The molecule has 11 aromatic rings. The highest BCUT2D eigenvalue weighted by atomic mass is 15.0. The van der Waals surface area contributed by atoms with E-state index in [1.165, 1.54) is 121 Å². The monoisotopic (exact) mass is 791 g/mol. The number of allylic oxidation sites excluding steroid dienone is 2. The minimum absolute atomic E-state index is 0.108. The van der Waals surface area contributed by atoms with Crippen LogP contribution in [-0.2, 0) is 5.41 Å². The zero-order chi connectivity index (χ0) is 40.8. The largest absolute Gasteiger partial charge is 0.310 e. The van der Waals surface area contributed by atoms with Crippen LogP contribution in [0.4, 0.5) is 0 Å². The van der Waals surface area contributed by atoms with Crippen LogP contribution < -0.4 is 10.6 Å².